The molecule has 0 saturated carbocycles. The number of halogens is 1. The van der Waals surface area contributed by atoms with Crippen molar-refractivity contribution in [2.24, 2.45) is 0 Å². The third kappa shape index (κ3) is 6.90. The topological polar surface area (TPSA) is 50.8 Å². The molecule has 0 fully saturated rings. The summed E-state index contributed by atoms with van der Waals surface area (Å²) in [5, 5.41) is 2.82. The standard InChI is InChI=1S/C21H27FN2O3/c1-21(2,27-19-10-6-16(22)7-11-19)20(25)23-17-8-12-18(13-9-17)26-15-5-14-24(3)4/h6-13H,5,14-15H2,1-4H3,(H,23,25). The van der Waals surface area contributed by atoms with Crippen LogP contribution in [-0.4, -0.2) is 43.7 Å². The molecule has 0 atom stereocenters. The SMILES string of the molecule is CN(C)CCCOc1ccc(NC(=O)C(C)(C)Oc2ccc(F)cc2)cc1. The molecular formula is C21H27FN2O3. The number of rotatable bonds is 9. The van der Waals surface area contributed by atoms with Crippen molar-refractivity contribution in [2.45, 2.75) is 25.9 Å². The first-order valence-corrected chi connectivity index (χ1v) is 8.90. The Morgan fingerprint density at radius 2 is 1.63 bits per heavy atom. The summed E-state index contributed by atoms with van der Waals surface area (Å²) >= 11 is 0. The molecule has 0 aromatic heterocycles. The lowest BCUT2D eigenvalue weighted by atomic mass is 10.1. The molecular weight excluding hydrogens is 347 g/mol. The van der Waals surface area contributed by atoms with Gasteiger partial charge in [-0.1, -0.05) is 0 Å². The quantitative estimate of drug-likeness (QED) is 0.675. The van der Waals surface area contributed by atoms with Crippen LogP contribution in [0.5, 0.6) is 11.5 Å². The van der Waals surface area contributed by atoms with Crippen molar-refractivity contribution < 1.29 is 18.7 Å². The number of amides is 1. The molecule has 1 N–H and O–H groups in total. The third-order valence-corrected chi connectivity index (χ3v) is 3.86. The van der Waals surface area contributed by atoms with E-state index in [1.165, 1.54) is 24.3 Å². The second-order valence-electron chi connectivity index (χ2n) is 7.05. The number of carbonyl (C=O) groups is 1. The maximum Gasteiger partial charge on any atom is 0.267 e. The summed E-state index contributed by atoms with van der Waals surface area (Å²) in [6.07, 6.45) is 0.945. The molecule has 5 nitrogen and oxygen atoms in total. The summed E-state index contributed by atoms with van der Waals surface area (Å²) in [5.74, 6) is 0.534. The second kappa shape index (κ2) is 9.37. The zero-order valence-corrected chi connectivity index (χ0v) is 16.3. The van der Waals surface area contributed by atoms with Gasteiger partial charge in [-0.15, -0.1) is 0 Å². The first-order chi connectivity index (χ1) is 12.8. The Kier molecular flexibility index (Phi) is 7.19. The van der Waals surface area contributed by atoms with E-state index in [2.05, 4.69) is 10.2 Å². The number of anilines is 1. The van der Waals surface area contributed by atoms with Crippen LogP contribution in [0.25, 0.3) is 0 Å². The monoisotopic (exact) mass is 374 g/mol. The van der Waals surface area contributed by atoms with Crippen molar-refractivity contribution >= 4 is 11.6 Å². The molecule has 0 aliphatic rings. The van der Waals surface area contributed by atoms with Crippen molar-refractivity contribution in [3.63, 3.8) is 0 Å². The fraction of sp³-hybridized carbons (Fsp3) is 0.381. The minimum atomic E-state index is -1.11. The third-order valence-electron chi connectivity index (χ3n) is 3.86. The maximum absolute atomic E-state index is 13.0. The van der Waals surface area contributed by atoms with E-state index in [1.54, 1.807) is 26.0 Å². The van der Waals surface area contributed by atoms with Gasteiger partial charge in [0, 0.05) is 12.2 Å². The predicted octanol–water partition coefficient (Wildman–Crippen LogP) is 3.95. The zero-order valence-electron chi connectivity index (χ0n) is 16.3. The fourth-order valence-electron chi connectivity index (χ4n) is 2.33. The van der Waals surface area contributed by atoms with Gasteiger partial charge in [0.05, 0.1) is 6.61 Å². The summed E-state index contributed by atoms with van der Waals surface area (Å²) in [6, 6.07) is 12.8. The number of benzene rings is 2. The van der Waals surface area contributed by atoms with Gasteiger partial charge in [0.15, 0.2) is 5.60 Å². The summed E-state index contributed by atoms with van der Waals surface area (Å²) in [4.78, 5) is 14.6. The van der Waals surface area contributed by atoms with E-state index in [0.717, 1.165) is 18.7 Å². The highest BCUT2D eigenvalue weighted by molar-refractivity contribution is 5.97. The Bertz CT molecular complexity index is 728. The van der Waals surface area contributed by atoms with Gasteiger partial charge in [0.1, 0.15) is 17.3 Å². The molecule has 0 spiro atoms. The first kappa shape index (κ1) is 20.7. The Morgan fingerprint density at radius 1 is 1.04 bits per heavy atom. The van der Waals surface area contributed by atoms with Crippen molar-refractivity contribution in [3.05, 3.63) is 54.3 Å². The van der Waals surface area contributed by atoms with Crippen LogP contribution in [0, 0.1) is 5.82 Å². The number of carbonyl (C=O) groups excluding carboxylic acids is 1. The average molecular weight is 374 g/mol. The van der Waals surface area contributed by atoms with E-state index < -0.39 is 5.60 Å². The van der Waals surface area contributed by atoms with E-state index in [-0.39, 0.29) is 11.7 Å². The minimum absolute atomic E-state index is 0.300. The van der Waals surface area contributed by atoms with Crippen LogP contribution in [0.15, 0.2) is 48.5 Å². The summed E-state index contributed by atoms with van der Waals surface area (Å²) < 4.78 is 24.4. The van der Waals surface area contributed by atoms with Gasteiger partial charge >= 0.3 is 0 Å². The van der Waals surface area contributed by atoms with Crippen LogP contribution in [0.1, 0.15) is 20.3 Å². The van der Waals surface area contributed by atoms with Gasteiger partial charge in [-0.2, -0.15) is 0 Å². The zero-order chi connectivity index (χ0) is 19.9. The normalized spacial score (nSPS) is 11.3. The maximum atomic E-state index is 13.0. The van der Waals surface area contributed by atoms with E-state index in [9.17, 15) is 9.18 Å². The summed E-state index contributed by atoms with van der Waals surface area (Å²) in [6.45, 7) is 4.93. The van der Waals surface area contributed by atoms with Crippen molar-refractivity contribution in [3.8, 4) is 11.5 Å². The molecule has 2 aromatic rings. The number of ether oxygens (including phenoxy) is 2. The van der Waals surface area contributed by atoms with Gasteiger partial charge in [0.25, 0.3) is 5.91 Å². The van der Waals surface area contributed by atoms with Gasteiger partial charge in [-0.3, -0.25) is 4.79 Å². The van der Waals surface area contributed by atoms with E-state index in [4.69, 9.17) is 9.47 Å². The van der Waals surface area contributed by atoms with E-state index >= 15 is 0 Å². The molecule has 0 aliphatic heterocycles. The van der Waals surface area contributed by atoms with Gasteiger partial charge in [-0.05, 0) is 82.9 Å². The smallest absolute Gasteiger partial charge is 0.267 e. The molecule has 0 bridgehead atoms. The van der Waals surface area contributed by atoms with Gasteiger partial charge < -0.3 is 19.7 Å². The van der Waals surface area contributed by atoms with Crippen LogP contribution in [-0.2, 0) is 4.79 Å². The minimum Gasteiger partial charge on any atom is -0.494 e. The highest BCUT2D eigenvalue weighted by atomic mass is 19.1. The van der Waals surface area contributed by atoms with Crippen molar-refractivity contribution in [2.75, 3.05) is 32.6 Å². The summed E-state index contributed by atoms with van der Waals surface area (Å²) in [5.41, 5.74) is -0.462. The fourth-order valence-corrected chi connectivity index (χ4v) is 2.33. The van der Waals surface area contributed by atoms with Crippen LogP contribution in [0.2, 0.25) is 0 Å². The van der Waals surface area contributed by atoms with E-state index in [0.29, 0.717) is 18.0 Å². The van der Waals surface area contributed by atoms with Crippen molar-refractivity contribution in [1.82, 2.24) is 4.90 Å². The molecule has 6 heteroatoms. The molecule has 0 saturated heterocycles. The van der Waals surface area contributed by atoms with Crippen LogP contribution < -0.4 is 14.8 Å². The lowest BCUT2D eigenvalue weighted by Gasteiger charge is -2.25. The van der Waals surface area contributed by atoms with Gasteiger partial charge in [0.2, 0.25) is 0 Å². The predicted molar refractivity (Wildman–Crippen MR) is 105 cm³/mol. The molecule has 0 unspecified atom stereocenters. The molecule has 146 valence electrons. The number of nitrogens with zero attached hydrogens (tertiary/aromatic N) is 1. The van der Waals surface area contributed by atoms with Gasteiger partial charge in [-0.25, -0.2) is 4.39 Å². The molecule has 1 amide bonds. The number of hydrogen-bond acceptors (Lipinski definition) is 4. The average Bonchev–Trinajstić information content (AvgIpc) is 2.61. The first-order valence-electron chi connectivity index (χ1n) is 8.90. The Hall–Kier alpha value is -2.60. The van der Waals surface area contributed by atoms with Crippen molar-refractivity contribution in [1.29, 1.82) is 0 Å². The Balaban J connectivity index is 1.87. The number of nitrogens with one attached hydrogen (secondary N) is 1. The highest BCUT2D eigenvalue weighted by Gasteiger charge is 2.30. The lowest BCUT2D eigenvalue weighted by Crippen LogP contribution is -2.42. The molecule has 0 aliphatic carbocycles. The molecule has 27 heavy (non-hydrogen) atoms. The Morgan fingerprint density at radius 3 is 2.22 bits per heavy atom. The molecule has 2 aromatic carbocycles. The largest absolute Gasteiger partial charge is 0.494 e. The van der Waals surface area contributed by atoms with E-state index in [1.807, 2.05) is 26.2 Å². The van der Waals surface area contributed by atoms with Crippen LogP contribution in [0.3, 0.4) is 0 Å². The number of hydrogen-bond donors (Lipinski definition) is 1. The second-order valence-corrected chi connectivity index (χ2v) is 7.05. The van der Waals surface area contributed by atoms with Crippen LogP contribution >= 0.6 is 0 Å². The van der Waals surface area contributed by atoms with Crippen LogP contribution in [0.4, 0.5) is 10.1 Å². The molecule has 2 rings (SSSR count). The highest BCUT2D eigenvalue weighted by Crippen LogP contribution is 2.21. The lowest BCUT2D eigenvalue weighted by molar-refractivity contribution is -0.128. The molecule has 0 radical (unpaired) electrons. The summed E-state index contributed by atoms with van der Waals surface area (Å²) in [7, 11) is 4.05. The Labute approximate surface area is 160 Å². The molecule has 0 heterocycles.